The van der Waals surface area contributed by atoms with E-state index in [0.29, 0.717) is 13.2 Å². The Balaban J connectivity index is -0.000000341. The van der Waals surface area contributed by atoms with Gasteiger partial charge >= 0.3 is 11.9 Å². The van der Waals surface area contributed by atoms with Crippen LogP contribution in [0.5, 0.6) is 0 Å². The zero-order valence-electron chi connectivity index (χ0n) is 29.9. The Kier molecular flexibility index (Phi) is 37.0. The van der Waals surface area contributed by atoms with Crippen LogP contribution in [-0.2, 0) is 84.5 Å². The summed E-state index contributed by atoms with van der Waals surface area (Å²) in [5.74, 6) is -0.528. The molecule has 0 aliphatic heterocycles. The fourth-order valence-electron chi connectivity index (χ4n) is 3.49. The summed E-state index contributed by atoms with van der Waals surface area (Å²) in [5, 5.41) is 0. The van der Waals surface area contributed by atoms with Crippen LogP contribution in [0.25, 0.3) is 35.4 Å². The monoisotopic (exact) mass is 796 g/mol. The topological polar surface area (TPSA) is 52.6 Å². The Labute approximate surface area is 341 Å². The van der Waals surface area contributed by atoms with Gasteiger partial charge in [0.1, 0.15) is 13.2 Å². The third kappa shape index (κ3) is 24.4. The summed E-state index contributed by atoms with van der Waals surface area (Å²) in [7, 11) is 0. The Hall–Kier alpha value is -2.75. The molecule has 0 aliphatic rings. The van der Waals surface area contributed by atoms with Crippen LogP contribution >= 0.6 is 0 Å². The average Bonchev–Trinajstić information content (AvgIpc) is 3.08. The van der Waals surface area contributed by atoms with Gasteiger partial charge in [-0.05, 0) is 34.4 Å². The molecule has 0 atom stereocenters. The molecule has 6 heteroatoms. The first-order valence-electron chi connectivity index (χ1n) is 14.9. The molecule has 0 N–H and O–H groups in total. The van der Waals surface area contributed by atoms with E-state index in [9.17, 15) is 9.59 Å². The van der Waals surface area contributed by atoms with Crippen molar-refractivity contribution in [1.82, 2.24) is 0 Å². The van der Waals surface area contributed by atoms with Crippen molar-refractivity contribution in [2.24, 2.45) is 0 Å². The molecule has 0 bridgehead atoms. The van der Waals surface area contributed by atoms with Crippen LogP contribution in [0.4, 0.5) is 0 Å². The first kappa shape index (κ1) is 52.1. The van der Waals surface area contributed by atoms with Crippen LogP contribution in [0.1, 0.15) is 63.8 Å². The Morgan fingerprint density at radius 1 is 0.500 bits per heavy atom. The zero-order valence-corrected chi connectivity index (χ0v) is 35.6. The van der Waals surface area contributed by atoms with Crippen molar-refractivity contribution in [1.29, 1.82) is 0 Å². The van der Waals surface area contributed by atoms with E-state index >= 15 is 0 Å². The normalized spacial score (nSPS) is 9.29. The third-order valence-corrected chi connectivity index (χ3v) is 5.50. The van der Waals surface area contributed by atoms with Crippen LogP contribution in [-0.4, -0.2) is 25.2 Å². The summed E-state index contributed by atoms with van der Waals surface area (Å²) in [4.78, 5) is 21.2. The van der Waals surface area contributed by atoms with E-state index < -0.39 is 0 Å². The minimum Gasteiger partial charge on any atom is -0.462 e. The number of hydrogen-bond acceptors (Lipinski definition) is 4. The molecule has 0 saturated heterocycles. The smallest absolute Gasteiger partial charge is 0.302 e. The number of hydrogen-bond donors (Lipinski definition) is 0. The molecule has 0 aromatic heterocycles. The van der Waals surface area contributed by atoms with Gasteiger partial charge in [0, 0.05) is 79.3 Å². The summed E-state index contributed by atoms with van der Waals surface area (Å²) in [5.41, 5.74) is 6.80. The Morgan fingerprint density at radius 3 is 1.17 bits per heavy atom. The summed E-state index contributed by atoms with van der Waals surface area (Å²) >= 11 is 0. The van der Waals surface area contributed by atoms with Gasteiger partial charge in [-0.3, -0.25) is 9.59 Å². The predicted molar refractivity (Wildman–Crippen MR) is 198 cm³/mol. The van der Waals surface area contributed by atoms with Gasteiger partial charge in [0.05, 0.1) is 0 Å². The molecule has 0 unspecified atom stereocenters. The second-order valence-corrected chi connectivity index (χ2v) is 8.65. The number of ether oxygens (including phenoxy) is 2. The van der Waals surface area contributed by atoms with Crippen LogP contribution in [0, 0.1) is 27.0 Å². The number of esters is 2. The summed E-state index contributed by atoms with van der Waals surface area (Å²) in [6, 6.07) is 38.1. The van der Waals surface area contributed by atoms with Gasteiger partial charge in [0.15, 0.2) is 0 Å². The van der Waals surface area contributed by atoms with E-state index in [0.717, 1.165) is 22.3 Å². The summed E-state index contributed by atoms with van der Waals surface area (Å²) in [6.45, 7) is 11.4. The molecule has 4 aromatic rings. The third-order valence-electron chi connectivity index (χ3n) is 5.50. The molecule has 4 aromatic carbocycles. The Bertz CT molecular complexity index is 1410. The van der Waals surface area contributed by atoms with Gasteiger partial charge in [-0.2, -0.15) is 60.7 Å². The van der Waals surface area contributed by atoms with E-state index in [1.807, 2.05) is 125 Å². The van der Waals surface area contributed by atoms with Gasteiger partial charge in [-0.15, -0.1) is 11.1 Å². The van der Waals surface area contributed by atoms with Crippen molar-refractivity contribution in [3.63, 3.8) is 0 Å². The van der Waals surface area contributed by atoms with Gasteiger partial charge in [-0.1, -0.05) is 101 Å². The van der Waals surface area contributed by atoms with Crippen molar-refractivity contribution < 1.29 is 84.5 Å². The van der Waals surface area contributed by atoms with E-state index in [1.54, 1.807) is 0 Å². The molecule has 0 saturated carbocycles. The van der Waals surface area contributed by atoms with E-state index in [4.69, 9.17) is 9.47 Å². The van der Waals surface area contributed by atoms with Crippen molar-refractivity contribution in [3.8, 4) is 11.1 Å². The van der Waals surface area contributed by atoms with E-state index in [1.165, 1.54) is 25.0 Å². The number of carbonyl (C=O) groups is 2. The van der Waals surface area contributed by atoms with Gasteiger partial charge in [0.2, 0.25) is 0 Å². The number of benzene rings is 4. The molecule has 4 nitrogen and oxygen atoms in total. The van der Waals surface area contributed by atoms with Crippen molar-refractivity contribution in [3.05, 3.63) is 158 Å². The second kappa shape index (κ2) is 34.1. The van der Waals surface area contributed by atoms with Crippen molar-refractivity contribution in [2.45, 2.75) is 41.5 Å². The molecule has 0 aliphatic carbocycles. The van der Waals surface area contributed by atoms with Gasteiger partial charge < -0.3 is 24.3 Å². The maximum Gasteiger partial charge on any atom is 0.302 e. The van der Waals surface area contributed by atoms with Crippen LogP contribution in [0.15, 0.2) is 109 Å². The van der Waals surface area contributed by atoms with Gasteiger partial charge in [-0.25, -0.2) is 0 Å². The molecule has 0 heterocycles. The van der Waals surface area contributed by atoms with Crippen molar-refractivity contribution >= 4 is 36.2 Å². The molecule has 0 spiro atoms. The molecule has 4 rings (SSSR count). The largest absolute Gasteiger partial charge is 0.462 e. The molecular formula is C42H50O4Y2-4. The minimum atomic E-state index is -0.265. The predicted octanol–water partition coefficient (Wildman–Crippen LogP) is 10.9. The fraction of sp³-hybridized carbons (Fsp3) is 0.190. The quantitative estimate of drug-likeness (QED) is 0.0962. The number of carbonyl (C=O) groups excluding carboxylic acids is 2. The first-order chi connectivity index (χ1) is 21.5. The van der Waals surface area contributed by atoms with E-state index in [-0.39, 0.29) is 92.2 Å². The molecule has 2 radical (unpaired) electrons. The first-order valence-corrected chi connectivity index (χ1v) is 14.9. The standard InChI is InChI=1S/C19H17O2.C17H15O2.2C2H6.2CH3.2Y/c1-16(20)21-15-5-8-18-10-13-19(14-11-18)12-9-17-6-3-2-4-7-17;1-14(18)19-13-5-6-15-9-11-17(12-10-15)16-7-3-2-4-8-16;2*1-2;;;;/h3-14H,15H2,1H3;3-12H,13H2,1H3;2*1-2H3;2*1H3;;/q2*-1;;;2*-1;;/b8-5+,12-9+;6-5+;;;;;;. The maximum atomic E-state index is 10.6. The second-order valence-electron chi connectivity index (χ2n) is 8.65. The zero-order chi connectivity index (χ0) is 32.4. The fourth-order valence-corrected chi connectivity index (χ4v) is 3.49. The number of rotatable bonds is 9. The summed E-state index contributed by atoms with van der Waals surface area (Å²) in [6.07, 6.45) is 11.7. The van der Waals surface area contributed by atoms with Crippen LogP contribution in [0.2, 0.25) is 0 Å². The Morgan fingerprint density at radius 2 is 0.792 bits per heavy atom. The van der Waals surface area contributed by atoms with Gasteiger partial charge in [0.25, 0.3) is 0 Å². The molecule has 0 amide bonds. The van der Waals surface area contributed by atoms with E-state index in [2.05, 4.69) is 48.6 Å². The average molecular weight is 797 g/mol. The van der Waals surface area contributed by atoms with Crippen LogP contribution in [0.3, 0.4) is 0 Å². The molecule has 48 heavy (non-hydrogen) atoms. The SMILES string of the molecule is CC.CC.CC(=O)OC/C=C/c1ccc(-c2cc[c-]cc2)cc1.CC(=O)OC/C=C/c1ccc(/C=C/c2cc[c-]cc2)cc1.[CH3-].[CH3-].[Y].[Y]. The molecule has 252 valence electrons. The van der Waals surface area contributed by atoms with Crippen LogP contribution < -0.4 is 0 Å². The molecular weight excluding hydrogens is 746 g/mol. The maximum absolute atomic E-state index is 10.6. The molecule has 0 fully saturated rings. The minimum absolute atomic E-state index is 0. The van der Waals surface area contributed by atoms with Crippen molar-refractivity contribution in [2.75, 3.05) is 13.2 Å². The summed E-state index contributed by atoms with van der Waals surface area (Å²) < 4.78 is 9.66.